The first kappa shape index (κ1) is 12.9. The van der Waals surface area contributed by atoms with Crippen LogP contribution in [0.2, 0.25) is 0 Å². The number of fused-ring (bicyclic) bond motifs is 3. The maximum absolute atomic E-state index is 11.7. The Bertz CT molecular complexity index is 465. The van der Waals surface area contributed by atoms with E-state index >= 15 is 0 Å². The van der Waals surface area contributed by atoms with Crippen molar-refractivity contribution in [2.45, 2.75) is 44.0 Å². The molecular formula is C15H20O4. The SMILES string of the molecule is C=C1C(=O)O[C@@H]2[C@H]3C(=C)[C@@H](O)C[C@H]3[C@](C)(O)CC[C@H]12. The van der Waals surface area contributed by atoms with Crippen LogP contribution in [0, 0.1) is 17.8 Å². The summed E-state index contributed by atoms with van der Waals surface area (Å²) < 4.78 is 5.46. The Kier molecular flexibility index (Phi) is 2.67. The molecule has 0 aromatic rings. The fourth-order valence-corrected chi connectivity index (χ4v) is 4.03. The van der Waals surface area contributed by atoms with Crippen molar-refractivity contribution in [3.8, 4) is 0 Å². The van der Waals surface area contributed by atoms with Crippen LogP contribution in [0.4, 0.5) is 0 Å². The maximum Gasteiger partial charge on any atom is 0.334 e. The van der Waals surface area contributed by atoms with Gasteiger partial charge in [0, 0.05) is 23.3 Å². The van der Waals surface area contributed by atoms with Gasteiger partial charge in [0.05, 0.1) is 11.7 Å². The van der Waals surface area contributed by atoms with Gasteiger partial charge in [0.15, 0.2) is 0 Å². The van der Waals surface area contributed by atoms with Gasteiger partial charge >= 0.3 is 5.97 Å². The number of hydrogen-bond acceptors (Lipinski definition) is 4. The molecule has 1 saturated heterocycles. The van der Waals surface area contributed by atoms with Gasteiger partial charge in [-0.15, -0.1) is 0 Å². The fourth-order valence-electron chi connectivity index (χ4n) is 4.03. The summed E-state index contributed by atoms with van der Waals surface area (Å²) in [6.45, 7) is 9.58. The van der Waals surface area contributed by atoms with Crippen molar-refractivity contribution in [3.63, 3.8) is 0 Å². The molecule has 3 rings (SSSR count). The molecule has 104 valence electrons. The Morgan fingerprint density at radius 1 is 1.42 bits per heavy atom. The van der Waals surface area contributed by atoms with Gasteiger partial charge in [0.1, 0.15) is 6.10 Å². The second-order valence-corrected chi connectivity index (χ2v) is 6.36. The fraction of sp³-hybridized carbons (Fsp3) is 0.667. The molecule has 19 heavy (non-hydrogen) atoms. The minimum atomic E-state index is -0.859. The maximum atomic E-state index is 11.7. The van der Waals surface area contributed by atoms with E-state index in [1.54, 1.807) is 0 Å². The number of rotatable bonds is 0. The highest BCUT2D eigenvalue weighted by Gasteiger charge is 2.57. The third-order valence-electron chi connectivity index (χ3n) is 5.23. The molecular weight excluding hydrogens is 244 g/mol. The standard InChI is InChI=1S/C15H20O4/c1-7-9-4-5-15(3,18)10-6-11(16)8(2)12(10)13(9)19-14(7)17/h9-13,16,18H,1-2,4-6H2,3H3/t9-,10-,11+,12+,13+,15-/m1/s1. The summed E-state index contributed by atoms with van der Waals surface area (Å²) in [5.41, 5.74) is 0.322. The molecule has 3 aliphatic rings. The quantitative estimate of drug-likeness (QED) is 0.392. The van der Waals surface area contributed by atoms with Crippen molar-refractivity contribution in [1.82, 2.24) is 0 Å². The number of ether oxygens (including phenoxy) is 1. The number of aliphatic hydroxyl groups excluding tert-OH is 1. The van der Waals surface area contributed by atoms with Crippen molar-refractivity contribution in [2.75, 3.05) is 0 Å². The molecule has 1 heterocycles. The third-order valence-corrected chi connectivity index (χ3v) is 5.23. The normalized spacial score (nSPS) is 49.6. The monoisotopic (exact) mass is 264 g/mol. The zero-order chi connectivity index (χ0) is 13.9. The molecule has 0 unspecified atom stereocenters. The van der Waals surface area contributed by atoms with E-state index in [1.807, 2.05) is 6.92 Å². The Balaban J connectivity index is 2.03. The van der Waals surface area contributed by atoms with Gasteiger partial charge in [-0.1, -0.05) is 13.2 Å². The lowest BCUT2D eigenvalue weighted by Crippen LogP contribution is -2.39. The lowest BCUT2D eigenvalue weighted by molar-refractivity contribution is -0.142. The summed E-state index contributed by atoms with van der Waals surface area (Å²) in [6, 6.07) is 0. The van der Waals surface area contributed by atoms with Crippen LogP contribution in [0.5, 0.6) is 0 Å². The molecule has 2 N–H and O–H groups in total. The number of carbonyl (C=O) groups excluding carboxylic acids is 1. The lowest BCUT2D eigenvalue weighted by Gasteiger charge is -2.33. The third kappa shape index (κ3) is 1.70. The first-order valence-corrected chi connectivity index (χ1v) is 6.82. The molecule has 0 spiro atoms. The van der Waals surface area contributed by atoms with E-state index in [9.17, 15) is 15.0 Å². The first-order valence-electron chi connectivity index (χ1n) is 6.82. The van der Waals surface area contributed by atoms with Crippen molar-refractivity contribution in [2.24, 2.45) is 17.8 Å². The smallest absolute Gasteiger partial charge is 0.334 e. The summed E-state index contributed by atoms with van der Waals surface area (Å²) in [4.78, 5) is 11.7. The van der Waals surface area contributed by atoms with Crippen molar-refractivity contribution < 1.29 is 19.7 Å². The molecule has 0 aromatic heterocycles. The average Bonchev–Trinajstić information content (AvgIpc) is 2.74. The second kappa shape index (κ2) is 3.93. The number of aliphatic hydroxyl groups is 2. The zero-order valence-electron chi connectivity index (χ0n) is 11.1. The Labute approximate surface area is 112 Å². The van der Waals surface area contributed by atoms with Crippen LogP contribution in [0.25, 0.3) is 0 Å². The Morgan fingerprint density at radius 3 is 2.79 bits per heavy atom. The van der Waals surface area contributed by atoms with Gasteiger partial charge in [-0.25, -0.2) is 4.79 Å². The Hall–Kier alpha value is -1.13. The molecule has 6 atom stereocenters. The molecule has 3 fully saturated rings. The number of carbonyl (C=O) groups is 1. The summed E-state index contributed by atoms with van der Waals surface area (Å²) in [5, 5.41) is 20.7. The molecule has 0 aromatic carbocycles. The van der Waals surface area contributed by atoms with E-state index in [1.165, 1.54) is 0 Å². The zero-order valence-corrected chi connectivity index (χ0v) is 11.1. The van der Waals surface area contributed by atoms with Gasteiger partial charge in [0.2, 0.25) is 0 Å². The highest BCUT2D eigenvalue weighted by molar-refractivity contribution is 5.90. The van der Waals surface area contributed by atoms with Gasteiger partial charge in [-0.3, -0.25) is 0 Å². The van der Waals surface area contributed by atoms with E-state index < -0.39 is 11.7 Å². The number of esters is 1. The summed E-state index contributed by atoms with van der Waals surface area (Å²) in [6.07, 6.45) is 0.837. The van der Waals surface area contributed by atoms with E-state index in [4.69, 9.17) is 4.74 Å². The van der Waals surface area contributed by atoms with Crippen LogP contribution in [0.15, 0.2) is 24.3 Å². The molecule has 4 heteroatoms. The van der Waals surface area contributed by atoms with E-state index in [2.05, 4.69) is 13.2 Å². The lowest BCUT2D eigenvalue weighted by atomic mass is 9.78. The summed E-state index contributed by atoms with van der Waals surface area (Å²) >= 11 is 0. The predicted molar refractivity (Wildman–Crippen MR) is 69.1 cm³/mol. The van der Waals surface area contributed by atoms with Gasteiger partial charge < -0.3 is 14.9 Å². The van der Waals surface area contributed by atoms with Crippen LogP contribution in [-0.2, 0) is 9.53 Å². The first-order chi connectivity index (χ1) is 8.83. The van der Waals surface area contributed by atoms with Crippen LogP contribution in [-0.4, -0.2) is 34.0 Å². The summed E-state index contributed by atoms with van der Waals surface area (Å²) in [7, 11) is 0. The molecule has 4 nitrogen and oxygen atoms in total. The van der Waals surface area contributed by atoms with Crippen molar-refractivity contribution in [1.29, 1.82) is 0 Å². The van der Waals surface area contributed by atoms with Crippen molar-refractivity contribution in [3.05, 3.63) is 24.3 Å². The number of hydrogen-bond donors (Lipinski definition) is 2. The largest absolute Gasteiger partial charge is 0.458 e. The molecule has 2 aliphatic carbocycles. The molecule has 2 saturated carbocycles. The highest BCUT2D eigenvalue weighted by Crippen LogP contribution is 2.53. The highest BCUT2D eigenvalue weighted by atomic mass is 16.6. The second-order valence-electron chi connectivity index (χ2n) is 6.36. The molecule has 0 radical (unpaired) electrons. The minimum Gasteiger partial charge on any atom is -0.458 e. The molecule has 0 bridgehead atoms. The van der Waals surface area contributed by atoms with E-state index in [-0.39, 0.29) is 29.8 Å². The van der Waals surface area contributed by atoms with E-state index in [0.29, 0.717) is 30.4 Å². The molecule has 0 amide bonds. The minimum absolute atomic E-state index is 0.0592. The van der Waals surface area contributed by atoms with Crippen LogP contribution < -0.4 is 0 Å². The predicted octanol–water partition coefficient (Wildman–Crippen LogP) is 1.18. The average molecular weight is 264 g/mol. The van der Waals surface area contributed by atoms with Gasteiger partial charge in [-0.2, -0.15) is 0 Å². The summed E-state index contributed by atoms with van der Waals surface area (Å²) in [5.74, 6) is -0.676. The van der Waals surface area contributed by atoms with E-state index in [0.717, 1.165) is 0 Å². The van der Waals surface area contributed by atoms with Crippen LogP contribution >= 0.6 is 0 Å². The van der Waals surface area contributed by atoms with Crippen LogP contribution in [0.3, 0.4) is 0 Å². The van der Waals surface area contributed by atoms with Crippen molar-refractivity contribution >= 4 is 5.97 Å². The van der Waals surface area contributed by atoms with Crippen LogP contribution in [0.1, 0.15) is 26.2 Å². The molecule has 1 aliphatic heterocycles. The van der Waals surface area contributed by atoms with Gasteiger partial charge in [-0.05, 0) is 31.8 Å². The van der Waals surface area contributed by atoms with Gasteiger partial charge in [0.25, 0.3) is 0 Å². The Morgan fingerprint density at radius 2 is 2.11 bits per heavy atom. The topological polar surface area (TPSA) is 66.8 Å².